The van der Waals surface area contributed by atoms with Gasteiger partial charge in [0.25, 0.3) is 15.7 Å². The van der Waals surface area contributed by atoms with Gasteiger partial charge in [0.15, 0.2) is 4.90 Å². The number of ether oxygens (including phenoxy) is 1. The number of carbonyl (C=O) groups is 1. The minimum Gasteiger partial charge on any atom is -0.468 e. The summed E-state index contributed by atoms with van der Waals surface area (Å²) in [5, 5.41) is 20.0. The number of benzene rings is 2. The zero-order chi connectivity index (χ0) is 20.0. The van der Waals surface area contributed by atoms with Gasteiger partial charge in [-0.15, -0.1) is 0 Å². The topological polar surface area (TPSA) is 131 Å². The van der Waals surface area contributed by atoms with Gasteiger partial charge in [0.1, 0.15) is 6.54 Å². The number of esters is 1. The van der Waals surface area contributed by atoms with Crippen LogP contribution in [0.15, 0.2) is 53.4 Å². The van der Waals surface area contributed by atoms with Crippen molar-refractivity contribution in [2.24, 2.45) is 0 Å². The van der Waals surface area contributed by atoms with Gasteiger partial charge in [0.05, 0.1) is 30.2 Å². The zero-order valence-corrected chi connectivity index (χ0v) is 15.0. The lowest BCUT2D eigenvalue weighted by molar-refractivity contribution is -0.387. The standard InChI is InChI=1S/C17H15N3O6S/c1-26-17(21)12-19(14-8-6-13(7-9-14)10-11-18)27(24,25)16-5-3-2-4-15(16)20(22)23/h2-9H,10,12H2,1H3. The van der Waals surface area contributed by atoms with Crippen LogP contribution in [-0.2, 0) is 26.0 Å². The molecular formula is C17H15N3O6S. The number of sulfonamides is 1. The van der Waals surface area contributed by atoms with E-state index in [0.717, 1.165) is 23.5 Å². The molecule has 2 aromatic rings. The van der Waals surface area contributed by atoms with E-state index in [4.69, 9.17) is 5.26 Å². The summed E-state index contributed by atoms with van der Waals surface area (Å²) in [5.74, 6) is -0.835. The maximum atomic E-state index is 13.1. The average molecular weight is 389 g/mol. The summed E-state index contributed by atoms with van der Waals surface area (Å²) >= 11 is 0. The van der Waals surface area contributed by atoms with Crippen molar-refractivity contribution in [3.63, 3.8) is 0 Å². The van der Waals surface area contributed by atoms with E-state index in [1.165, 1.54) is 36.4 Å². The number of carbonyl (C=O) groups excluding carboxylic acids is 1. The van der Waals surface area contributed by atoms with Crippen LogP contribution in [0, 0.1) is 21.4 Å². The molecule has 0 amide bonds. The second-order valence-electron chi connectivity index (χ2n) is 5.31. The van der Waals surface area contributed by atoms with Gasteiger partial charge in [-0.25, -0.2) is 8.42 Å². The Hall–Kier alpha value is -3.45. The Morgan fingerprint density at radius 3 is 2.41 bits per heavy atom. The minimum absolute atomic E-state index is 0.111. The molecule has 0 spiro atoms. The molecular weight excluding hydrogens is 374 g/mol. The van der Waals surface area contributed by atoms with Gasteiger partial charge in [-0.05, 0) is 23.8 Å². The van der Waals surface area contributed by atoms with E-state index >= 15 is 0 Å². The molecule has 0 saturated heterocycles. The van der Waals surface area contributed by atoms with Crippen molar-refractivity contribution in [2.75, 3.05) is 18.0 Å². The molecule has 0 aliphatic carbocycles. The Kier molecular flexibility index (Phi) is 6.10. The zero-order valence-electron chi connectivity index (χ0n) is 14.2. The first-order valence-electron chi connectivity index (χ1n) is 7.60. The third-order valence-electron chi connectivity index (χ3n) is 3.64. The van der Waals surface area contributed by atoms with Crippen LogP contribution in [0.3, 0.4) is 0 Å². The van der Waals surface area contributed by atoms with Gasteiger partial charge in [-0.1, -0.05) is 24.3 Å². The molecule has 0 aromatic heterocycles. The fraction of sp³-hybridized carbons (Fsp3) is 0.176. The van der Waals surface area contributed by atoms with Gasteiger partial charge in [0, 0.05) is 6.07 Å². The Bertz CT molecular complexity index is 996. The van der Waals surface area contributed by atoms with E-state index in [0.29, 0.717) is 5.56 Å². The fourth-order valence-corrected chi connectivity index (χ4v) is 3.88. The van der Waals surface area contributed by atoms with Crippen molar-refractivity contribution >= 4 is 27.4 Å². The molecule has 0 heterocycles. The van der Waals surface area contributed by atoms with E-state index in [1.54, 1.807) is 0 Å². The molecule has 0 bridgehead atoms. The number of para-hydroxylation sites is 1. The number of anilines is 1. The van der Waals surface area contributed by atoms with Crippen molar-refractivity contribution in [1.82, 2.24) is 0 Å². The summed E-state index contributed by atoms with van der Waals surface area (Å²) in [6, 6.07) is 12.8. The number of nitro benzene ring substituents is 1. The summed E-state index contributed by atoms with van der Waals surface area (Å²) in [6.07, 6.45) is 0.133. The first-order chi connectivity index (χ1) is 12.8. The highest BCUT2D eigenvalue weighted by molar-refractivity contribution is 7.93. The van der Waals surface area contributed by atoms with Crippen LogP contribution >= 0.6 is 0 Å². The third-order valence-corrected chi connectivity index (χ3v) is 5.46. The summed E-state index contributed by atoms with van der Waals surface area (Å²) in [7, 11) is -3.33. The van der Waals surface area contributed by atoms with Crippen LogP contribution in [0.25, 0.3) is 0 Å². The smallest absolute Gasteiger partial charge is 0.326 e. The molecule has 27 heavy (non-hydrogen) atoms. The van der Waals surface area contributed by atoms with Gasteiger partial charge in [-0.3, -0.25) is 19.2 Å². The molecule has 2 aromatic carbocycles. The molecule has 0 fully saturated rings. The molecule has 0 unspecified atom stereocenters. The fourth-order valence-electron chi connectivity index (χ4n) is 2.31. The molecule has 0 atom stereocenters. The molecule has 0 radical (unpaired) electrons. The van der Waals surface area contributed by atoms with Crippen molar-refractivity contribution in [3.05, 3.63) is 64.2 Å². The van der Waals surface area contributed by atoms with Gasteiger partial charge < -0.3 is 4.74 Å². The highest BCUT2D eigenvalue weighted by atomic mass is 32.2. The predicted molar refractivity (Wildman–Crippen MR) is 95.4 cm³/mol. The number of hydrogen-bond acceptors (Lipinski definition) is 7. The van der Waals surface area contributed by atoms with E-state index in [1.807, 2.05) is 6.07 Å². The Labute approximate surface area is 155 Å². The van der Waals surface area contributed by atoms with Crippen LogP contribution < -0.4 is 4.31 Å². The Morgan fingerprint density at radius 1 is 1.22 bits per heavy atom. The van der Waals surface area contributed by atoms with Crippen molar-refractivity contribution in [2.45, 2.75) is 11.3 Å². The van der Waals surface area contributed by atoms with Crippen LogP contribution in [0.4, 0.5) is 11.4 Å². The van der Waals surface area contributed by atoms with E-state index in [9.17, 15) is 23.3 Å². The molecule has 0 N–H and O–H groups in total. The number of rotatable bonds is 7. The second-order valence-corrected chi connectivity index (χ2v) is 7.14. The monoisotopic (exact) mass is 389 g/mol. The number of nitriles is 1. The molecule has 0 aliphatic heterocycles. The minimum atomic E-state index is -4.43. The van der Waals surface area contributed by atoms with Gasteiger partial charge >= 0.3 is 5.97 Å². The largest absolute Gasteiger partial charge is 0.468 e. The summed E-state index contributed by atoms with van der Waals surface area (Å²) in [5.41, 5.74) is 0.163. The molecule has 0 aliphatic rings. The molecule has 140 valence electrons. The van der Waals surface area contributed by atoms with Crippen LogP contribution in [0.2, 0.25) is 0 Å². The molecule has 10 heteroatoms. The Morgan fingerprint density at radius 2 is 1.85 bits per heavy atom. The van der Waals surface area contributed by atoms with Crippen molar-refractivity contribution in [3.8, 4) is 6.07 Å². The summed E-state index contributed by atoms with van der Waals surface area (Å²) in [4.78, 5) is 21.6. The van der Waals surface area contributed by atoms with E-state index < -0.39 is 38.0 Å². The quantitative estimate of drug-likeness (QED) is 0.402. The van der Waals surface area contributed by atoms with Crippen molar-refractivity contribution < 1.29 is 22.9 Å². The summed E-state index contributed by atoms with van der Waals surface area (Å²) in [6.45, 7) is -0.664. The third kappa shape index (κ3) is 4.39. The van der Waals surface area contributed by atoms with Crippen LogP contribution in [-0.4, -0.2) is 33.0 Å². The van der Waals surface area contributed by atoms with Crippen LogP contribution in [0.5, 0.6) is 0 Å². The number of methoxy groups -OCH3 is 1. The molecule has 9 nitrogen and oxygen atoms in total. The first-order valence-corrected chi connectivity index (χ1v) is 9.04. The first kappa shape index (κ1) is 19.9. The van der Waals surface area contributed by atoms with E-state index in [-0.39, 0.29) is 12.1 Å². The number of nitrogens with zero attached hydrogens (tertiary/aromatic N) is 3. The van der Waals surface area contributed by atoms with Gasteiger partial charge in [0.2, 0.25) is 0 Å². The highest BCUT2D eigenvalue weighted by Gasteiger charge is 2.33. The second kappa shape index (κ2) is 8.29. The highest BCUT2D eigenvalue weighted by Crippen LogP contribution is 2.30. The normalized spacial score (nSPS) is 10.7. The number of hydrogen-bond donors (Lipinski definition) is 0. The van der Waals surface area contributed by atoms with Crippen molar-refractivity contribution in [1.29, 1.82) is 5.26 Å². The predicted octanol–water partition coefficient (Wildman–Crippen LogP) is 2.03. The molecule has 2 rings (SSSR count). The molecule has 0 saturated carbocycles. The van der Waals surface area contributed by atoms with E-state index in [2.05, 4.69) is 4.74 Å². The Balaban J connectivity index is 2.58. The maximum absolute atomic E-state index is 13.1. The lowest BCUT2D eigenvalue weighted by Crippen LogP contribution is -2.36. The summed E-state index contributed by atoms with van der Waals surface area (Å²) < 4.78 is 31.4. The SMILES string of the molecule is COC(=O)CN(c1ccc(CC#N)cc1)S(=O)(=O)c1ccccc1[N+](=O)[O-]. The van der Waals surface area contributed by atoms with Crippen LogP contribution in [0.1, 0.15) is 5.56 Å². The number of nitro groups is 1. The lowest BCUT2D eigenvalue weighted by Gasteiger charge is -2.23. The lowest BCUT2D eigenvalue weighted by atomic mass is 10.1. The van der Waals surface area contributed by atoms with Gasteiger partial charge in [-0.2, -0.15) is 5.26 Å². The average Bonchev–Trinajstić information content (AvgIpc) is 2.66. The maximum Gasteiger partial charge on any atom is 0.326 e.